The number of amides is 1. The third-order valence-corrected chi connectivity index (χ3v) is 5.81. The molecule has 0 fully saturated rings. The van der Waals surface area contributed by atoms with E-state index in [9.17, 15) is 10.1 Å². The molecule has 4 nitrogen and oxygen atoms in total. The van der Waals surface area contributed by atoms with E-state index < -0.39 is 0 Å². The first kappa shape index (κ1) is 21.6. The fraction of sp³-hybridized carbons (Fsp3) is 0.385. The van der Waals surface area contributed by atoms with E-state index in [1.807, 2.05) is 36.9 Å². The minimum atomic E-state index is -0.326. The summed E-state index contributed by atoms with van der Waals surface area (Å²) in [5.41, 5.74) is 6.18. The fourth-order valence-electron chi connectivity index (χ4n) is 4.08. The number of aryl methyl sites for hydroxylation is 3. The Morgan fingerprint density at radius 2 is 1.93 bits per heavy atom. The van der Waals surface area contributed by atoms with E-state index in [1.165, 1.54) is 24.0 Å². The van der Waals surface area contributed by atoms with Gasteiger partial charge in [0.1, 0.15) is 11.6 Å². The Morgan fingerprint density at radius 3 is 2.60 bits per heavy atom. The third-order valence-electron chi connectivity index (χ3n) is 5.81. The molecule has 1 unspecified atom stereocenters. The summed E-state index contributed by atoms with van der Waals surface area (Å²) in [6.07, 6.45) is 7.17. The molecule has 1 atom stereocenters. The molecule has 0 aliphatic heterocycles. The van der Waals surface area contributed by atoms with Crippen LogP contribution in [0.3, 0.4) is 0 Å². The van der Waals surface area contributed by atoms with Crippen molar-refractivity contribution in [2.24, 2.45) is 0 Å². The fourth-order valence-corrected chi connectivity index (χ4v) is 4.08. The standard InChI is InChI=1S/C26H31N3O/c1-4-25(22-14-13-20-10-6-7-11-21(20)16-22)28-26(30)23(17-27)18-29(5-2)24-12-8-9-19(3)15-24/h8-9,12-16,18,25H,4-7,10-11H2,1-3H3,(H,28,30)/b23-18-. The van der Waals surface area contributed by atoms with Crippen LogP contribution in [0.2, 0.25) is 0 Å². The molecule has 0 saturated heterocycles. The van der Waals surface area contributed by atoms with E-state index in [0.717, 1.165) is 36.1 Å². The molecule has 1 aliphatic rings. The highest BCUT2D eigenvalue weighted by atomic mass is 16.1. The summed E-state index contributed by atoms with van der Waals surface area (Å²) in [5.74, 6) is -0.326. The van der Waals surface area contributed by atoms with Gasteiger partial charge in [-0.15, -0.1) is 0 Å². The van der Waals surface area contributed by atoms with Gasteiger partial charge in [0.2, 0.25) is 0 Å². The van der Waals surface area contributed by atoms with Gasteiger partial charge in [0.25, 0.3) is 5.91 Å². The lowest BCUT2D eigenvalue weighted by Crippen LogP contribution is -2.30. The van der Waals surface area contributed by atoms with Gasteiger partial charge in [-0.1, -0.05) is 37.3 Å². The van der Waals surface area contributed by atoms with Crippen molar-refractivity contribution in [3.63, 3.8) is 0 Å². The average Bonchev–Trinajstić information content (AvgIpc) is 2.77. The average molecular weight is 402 g/mol. The van der Waals surface area contributed by atoms with Crippen LogP contribution < -0.4 is 10.2 Å². The number of hydrogen-bond acceptors (Lipinski definition) is 3. The largest absolute Gasteiger partial charge is 0.347 e. The molecule has 4 heteroatoms. The van der Waals surface area contributed by atoms with Gasteiger partial charge < -0.3 is 10.2 Å². The lowest BCUT2D eigenvalue weighted by atomic mass is 9.88. The molecule has 1 N–H and O–H groups in total. The highest BCUT2D eigenvalue weighted by molar-refractivity contribution is 5.97. The summed E-state index contributed by atoms with van der Waals surface area (Å²) in [6.45, 7) is 6.77. The van der Waals surface area contributed by atoms with Gasteiger partial charge in [-0.25, -0.2) is 0 Å². The van der Waals surface area contributed by atoms with Crippen molar-refractivity contribution in [1.29, 1.82) is 5.26 Å². The van der Waals surface area contributed by atoms with Gasteiger partial charge in [0.05, 0.1) is 6.04 Å². The van der Waals surface area contributed by atoms with E-state index in [4.69, 9.17) is 0 Å². The van der Waals surface area contributed by atoms with Crippen molar-refractivity contribution in [2.45, 2.75) is 58.9 Å². The number of hydrogen-bond donors (Lipinski definition) is 1. The number of benzene rings is 2. The molecular formula is C26H31N3O. The zero-order chi connectivity index (χ0) is 21.5. The molecule has 2 aromatic rings. The summed E-state index contributed by atoms with van der Waals surface area (Å²) in [7, 11) is 0. The summed E-state index contributed by atoms with van der Waals surface area (Å²) in [4.78, 5) is 14.9. The topological polar surface area (TPSA) is 56.1 Å². The Bertz CT molecular complexity index is 970. The highest BCUT2D eigenvalue weighted by Gasteiger charge is 2.19. The van der Waals surface area contributed by atoms with Crippen molar-refractivity contribution in [1.82, 2.24) is 5.32 Å². The van der Waals surface area contributed by atoms with E-state index >= 15 is 0 Å². The van der Waals surface area contributed by atoms with Crippen LogP contribution in [0.25, 0.3) is 0 Å². The van der Waals surface area contributed by atoms with Crippen LogP contribution in [0.1, 0.15) is 61.4 Å². The van der Waals surface area contributed by atoms with Crippen LogP contribution in [0, 0.1) is 18.3 Å². The monoisotopic (exact) mass is 401 g/mol. The number of nitrogens with zero attached hydrogens (tertiary/aromatic N) is 2. The number of carbonyl (C=O) groups excluding carboxylic acids is 1. The number of rotatable bonds is 7. The van der Waals surface area contributed by atoms with E-state index in [0.29, 0.717) is 6.54 Å². The molecule has 0 bridgehead atoms. The smallest absolute Gasteiger partial charge is 0.263 e. The third kappa shape index (κ3) is 5.10. The normalized spacial score (nSPS) is 14.4. The molecule has 0 radical (unpaired) electrons. The van der Waals surface area contributed by atoms with Crippen LogP contribution in [-0.2, 0) is 17.6 Å². The molecule has 0 heterocycles. The van der Waals surface area contributed by atoms with Crippen LogP contribution in [0.4, 0.5) is 5.69 Å². The van der Waals surface area contributed by atoms with Crippen molar-refractivity contribution in [3.05, 3.63) is 76.5 Å². The zero-order valence-electron chi connectivity index (χ0n) is 18.2. The maximum atomic E-state index is 12.9. The van der Waals surface area contributed by atoms with Gasteiger partial charge >= 0.3 is 0 Å². The zero-order valence-corrected chi connectivity index (χ0v) is 18.2. The minimum Gasteiger partial charge on any atom is -0.347 e. The summed E-state index contributed by atoms with van der Waals surface area (Å²) in [5, 5.41) is 12.7. The predicted molar refractivity (Wildman–Crippen MR) is 122 cm³/mol. The second-order valence-corrected chi connectivity index (χ2v) is 7.95. The number of fused-ring (bicyclic) bond motifs is 1. The lowest BCUT2D eigenvalue weighted by molar-refractivity contribution is -0.117. The SMILES string of the molecule is CCC(NC(=O)/C(C#N)=C\N(CC)c1cccc(C)c1)c1ccc2c(c1)CCCC2. The van der Waals surface area contributed by atoms with E-state index in [1.54, 1.807) is 6.20 Å². The first-order valence-corrected chi connectivity index (χ1v) is 10.9. The van der Waals surface area contributed by atoms with Crippen LogP contribution in [0.5, 0.6) is 0 Å². The van der Waals surface area contributed by atoms with E-state index in [2.05, 4.69) is 42.6 Å². The maximum Gasteiger partial charge on any atom is 0.263 e. The van der Waals surface area contributed by atoms with Crippen molar-refractivity contribution < 1.29 is 4.79 Å². The Balaban J connectivity index is 1.79. The lowest BCUT2D eigenvalue weighted by Gasteiger charge is -2.22. The second-order valence-electron chi connectivity index (χ2n) is 7.95. The molecular weight excluding hydrogens is 370 g/mol. The van der Waals surface area contributed by atoms with Crippen LogP contribution in [0.15, 0.2) is 54.2 Å². The quantitative estimate of drug-likeness (QED) is 0.501. The minimum absolute atomic E-state index is 0.101. The number of nitriles is 1. The summed E-state index contributed by atoms with van der Waals surface area (Å²) < 4.78 is 0. The number of nitrogens with one attached hydrogen (secondary N) is 1. The molecule has 1 aliphatic carbocycles. The molecule has 1 amide bonds. The van der Waals surface area contributed by atoms with Crippen molar-refractivity contribution >= 4 is 11.6 Å². The Hall–Kier alpha value is -3.06. The Kier molecular flexibility index (Phi) is 7.30. The maximum absolute atomic E-state index is 12.9. The van der Waals surface area contributed by atoms with Crippen molar-refractivity contribution in [2.75, 3.05) is 11.4 Å². The summed E-state index contributed by atoms with van der Waals surface area (Å²) >= 11 is 0. The van der Waals surface area contributed by atoms with Gasteiger partial charge in [0, 0.05) is 18.4 Å². The molecule has 2 aromatic carbocycles. The van der Waals surface area contributed by atoms with Gasteiger partial charge in [-0.3, -0.25) is 4.79 Å². The van der Waals surface area contributed by atoms with Gasteiger partial charge in [-0.05, 0) is 80.3 Å². The molecule has 156 valence electrons. The van der Waals surface area contributed by atoms with Gasteiger partial charge in [-0.2, -0.15) is 5.26 Å². The first-order chi connectivity index (χ1) is 14.5. The predicted octanol–water partition coefficient (Wildman–Crippen LogP) is 5.38. The molecule has 30 heavy (non-hydrogen) atoms. The van der Waals surface area contributed by atoms with Crippen molar-refractivity contribution in [3.8, 4) is 6.07 Å². The van der Waals surface area contributed by atoms with Crippen LogP contribution in [-0.4, -0.2) is 12.5 Å². The van der Waals surface area contributed by atoms with E-state index in [-0.39, 0.29) is 17.5 Å². The Labute approximate surface area is 180 Å². The second kappa shape index (κ2) is 10.1. The van der Waals surface area contributed by atoms with Crippen LogP contribution >= 0.6 is 0 Å². The molecule has 3 rings (SSSR count). The first-order valence-electron chi connectivity index (χ1n) is 10.9. The highest BCUT2D eigenvalue weighted by Crippen LogP contribution is 2.26. The number of anilines is 1. The Morgan fingerprint density at radius 1 is 1.17 bits per heavy atom. The summed E-state index contributed by atoms with van der Waals surface area (Å²) in [6, 6.07) is 16.6. The van der Waals surface area contributed by atoms with Gasteiger partial charge in [0.15, 0.2) is 0 Å². The molecule has 0 spiro atoms. The molecule has 0 saturated carbocycles. The molecule has 0 aromatic heterocycles. The number of carbonyl (C=O) groups is 1.